The maximum absolute atomic E-state index is 9.84. The predicted octanol–water partition coefficient (Wildman–Crippen LogP) is 1.13. The zero-order valence-electron chi connectivity index (χ0n) is 8.77. The SMILES string of the molecule is CN(C)c1ccccc1[C@@H](O)CCN. The molecule has 1 rings (SSSR count). The molecule has 1 aromatic carbocycles. The van der Waals surface area contributed by atoms with E-state index in [1.54, 1.807) is 0 Å². The van der Waals surface area contributed by atoms with Crippen LogP contribution in [0.4, 0.5) is 5.69 Å². The highest BCUT2D eigenvalue weighted by atomic mass is 16.3. The summed E-state index contributed by atoms with van der Waals surface area (Å²) >= 11 is 0. The molecule has 1 atom stereocenters. The second-order valence-corrected chi connectivity index (χ2v) is 3.55. The number of aliphatic hydroxyl groups is 1. The lowest BCUT2D eigenvalue weighted by molar-refractivity contribution is 0.171. The van der Waals surface area contributed by atoms with Crippen LogP contribution in [-0.4, -0.2) is 25.7 Å². The van der Waals surface area contributed by atoms with Crippen molar-refractivity contribution in [2.24, 2.45) is 5.73 Å². The fourth-order valence-corrected chi connectivity index (χ4v) is 1.49. The summed E-state index contributed by atoms with van der Waals surface area (Å²) in [7, 11) is 3.93. The van der Waals surface area contributed by atoms with Gasteiger partial charge in [-0.25, -0.2) is 0 Å². The first kappa shape index (κ1) is 11.0. The quantitative estimate of drug-likeness (QED) is 0.755. The second-order valence-electron chi connectivity index (χ2n) is 3.55. The minimum absolute atomic E-state index is 0.460. The number of rotatable bonds is 4. The van der Waals surface area contributed by atoms with E-state index in [0.29, 0.717) is 13.0 Å². The van der Waals surface area contributed by atoms with Gasteiger partial charge in [0.2, 0.25) is 0 Å². The number of para-hydroxylation sites is 1. The van der Waals surface area contributed by atoms with Gasteiger partial charge in [0, 0.05) is 25.3 Å². The van der Waals surface area contributed by atoms with Crippen LogP contribution in [-0.2, 0) is 0 Å². The van der Waals surface area contributed by atoms with Crippen molar-refractivity contribution in [1.29, 1.82) is 0 Å². The van der Waals surface area contributed by atoms with E-state index < -0.39 is 6.10 Å². The minimum Gasteiger partial charge on any atom is -0.388 e. The number of nitrogens with two attached hydrogens (primary N) is 1. The van der Waals surface area contributed by atoms with Crippen molar-refractivity contribution in [1.82, 2.24) is 0 Å². The van der Waals surface area contributed by atoms with Crippen molar-refractivity contribution in [3.8, 4) is 0 Å². The Labute approximate surface area is 85.2 Å². The average molecular weight is 194 g/mol. The predicted molar refractivity (Wildman–Crippen MR) is 59.4 cm³/mol. The first-order valence-electron chi connectivity index (χ1n) is 4.81. The molecule has 0 fully saturated rings. The zero-order chi connectivity index (χ0) is 10.6. The Kier molecular flexibility index (Phi) is 3.92. The van der Waals surface area contributed by atoms with Gasteiger partial charge in [0.15, 0.2) is 0 Å². The van der Waals surface area contributed by atoms with Gasteiger partial charge in [-0.3, -0.25) is 0 Å². The summed E-state index contributed by atoms with van der Waals surface area (Å²) in [5, 5.41) is 9.84. The van der Waals surface area contributed by atoms with Crippen LogP contribution in [0.15, 0.2) is 24.3 Å². The van der Waals surface area contributed by atoms with Gasteiger partial charge in [0.05, 0.1) is 6.10 Å². The monoisotopic (exact) mass is 194 g/mol. The van der Waals surface area contributed by atoms with Gasteiger partial charge < -0.3 is 15.7 Å². The van der Waals surface area contributed by atoms with Crippen LogP contribution in [0.3, 0.4) is 0 Å². The van der Waals surface area contributed by atoms with Gasteiger partial charge in [-0.05, 0) is 19.0 Å². The fourth-order valence-electron chi connectivity index (χ4n) is 1.49. The van der Waals surface area contributed by atoms with E-state index >= 15 is 0 Å². The molecule has 3 heteroatoms. The second kappa shape index (κ2) is 4.98. The number of hydrogen-bond donors (Lipinski definition) is 2. The number of hydrogen-bond acceptors (Lipinski definition) is 3. The maximum atomic E-state index is 9.84. The lowest BCUT2D eigenvalue weighted by Gasteiger charge is -2.20. The molecule has 3 nitrogen and oxygen atoms in total. The van der Waals surface area contributed by atoms with Gasteiger partial charge in [0.1, 0.15) is 0 Å². The van der Waals surface area contributed by atoms with Crippen LogP contribution in [0.1, 0.15) is 18.1 Å². The van der Waals surface area contributed by atoms with E-state index in [2.05, 4.69) is 0 Å². The Hall–Kier alpha value is -1.06. The molecule has 0 spiro atoms. The third kappa shape index (κ3) is 2.47. The molecular formula is C11H18N2O. The van der Waals surface area contributed by atoms with Crippen molar-refractivity contribution in [2.75, 3.05) is 25.5 Å². The number of aliphatic hydroxyl groups excluding tert-OH is 1. The van der Waals surface area contributed by atoms with E-state index in [0.717, 1.165) is 11.3 Å². The molecule has 0 aromatic heterocycles. The molecule has 0 bridgehead atoms. The van der Waals surface area contributed by atoms with Crippen molar-refractivity contribution < 1.29 is 5.11 Å². The largest absolute Gasteiger partial charge is 0.388 e. The molecule has 0 heterocycles. The third-order valence-corrected chi connectivity index (χ3v) is 2.22. The molecule has 0 saturated heterocycles. The normalized spacial score (nSPS) is 12.6. The Morgan fingerprint density at radius 3 is 2.57 bits per heavy atom. The van der Waals surface area contributed by atoms with Crippen LogP contribution >= 0.6 is 0 Å². The molecule has 0 amide bonds. The van der Waals surface area contributed by atoms with Crippen LogP contribution in [0.5, 0.6) is 0 Å². The molecule has 0 aliphatic carbocycles. The molecule has 1 aromatic rings. The zero-order valence-corrected chi connectivity index (χ0v) is 8.77. The fraction of sp³-hybridized carbons (Fsp3) is 0.455. The summed E-state index contributed by atoms with van der Waals surface area (Å²) < 4.78 is 0. The smallest absolute Gasteiger partial charge is 0.0822 e. The van der Waals surface area contributed by atoms with E-state index in [4.69, 9.17) is 5.73 Å². The molecule has 0 radical (unpaired) electrons. The molecule has 0 aliphatic rings. The number of nitrogens with zero attached hydrogens (tertiary/aromatic N) is 1. The van der Waals surface area contributed by atoms with E-state index in [1.165, 1.54) is 0 Å². The third-order valence-electron chi connectivity index (χ3n) is 2.22. The Morgan fingerprint density at radius 1 is 1.36 bits per heavy atom. The maximum Gasteiger partial charge on any atom is 0.0822 e. The first-order chi connectivity index (χ1) is 6.66. The summed E-state index contributed by atoms with van der Waals surface area (Å²) in [5.41, 5.74) is 7.42. The summed E-state index contributed by atoms with van der Waals surface area (Å²) in [6.07, 6.45) is 0.142. The standard InChI is InChI=1S/C11H18N2O/c1-13(2)10-6-4-3-5-9(10)11(14)7-8-12/h3-6,11,14H,7-8,12H2,1-2H3/t11-/m0/s1. The van der Waals surface area contributed by atoms with Gasteiger partial charge in [0.25, 0.3) is 0 Å². The van der Waals surface area contributed by atoms with Gasteiger partial charge in [-0.1, -0.05) is 18.2 Å². The van der Waals surface area contributed by atoms with Crippen molar-refractivity contribution in [3.63, 3.8) is 0 Å². The highest BCUT2D eigenvalue weighted by molar-refractivity contribution is 5.53. The molecule has 3 N–H and O–H groups in total. The van der Waals surface area contributed by atoms with Gasteiger partial charge >= 0.3 is 0 Å². The molecule has 0 unspecified atom stereocenters. The van der Waals surface area contributed by atoms with Crippen LogP contribution in [0.2, 0.25) is 0 Å². The summed E-state index contributed by atoms with van der Waals surface area (Å²) in [5.74, 6) is 0. The van der Waals surface area contributed by atoms with Crippen molar-refractivity contribution in [3.05, 3.63) is 29.8 Å². The molecular weight excluding hydrogens is 176 g/mol. The van der Waals surface area contributed by atoms with Crippen molar-refractivity contribution >= 4 is 5.69 Å². The van der Waals surface area contributed by atoms with E-state index in [-0.39, 0.29) is 0 Å². The minimum atomic E-state index is -0.460. The highest BCUT2D eigenvalue weighted by Gasteiger charge is 2.11. The van der Waals surface area contributed by atoms with Crippen molar-refractivity contribution in [2.45, 2.75) is 12.5 Å². The first-order valence-corrected chi connectivity index (χ1v) is 4.81. The van der Waals surface area contributed by atoms with Gasteiger partial charge in [-0.15, -0.1) is 0 Å². The average Bonchev–Trinajstić information content (AvgIpc) is 2.18. The molecule has 78 valence electrons. The number of benzene rings is 1. The van der Waals surface area contributed by atoms with Crippen LogP contribution < -0.4 is 10.6 Å². The Morgan fingerprint density at radius 2 is 2.00 bits per heavy atom. The highest BCUT2D eigenvalue weighted by Crippen LogP contribution is 2.26. The van der Waals surface area contributed by atoms with Crippen LogP contribution in [0, 0.1) is 0 Å². The lowest BCUT2D eigenvalue weighted by Crippen LogP contribution is -2.14. The topological polar surface area (TPSA) is 49.5 Å². The molecule has 0 aliphatic heterocycles. The lowest BCUT2D eigenvalue weighted by atomic mass is 10.0. The molecule has 14 heavy (non-hydrogen) atoms. The Bertz CT molecular complexity index is 286. The Balaban J connectivity index is 2.94. The summed E-state index contributed by atoms with van der Waals surface area (Å²) in [6, 6.07) is 7.83. The van der Waals surface area contributed by atoms with E-state index in [1.807, 2.05) is 43.3 Å². The summed E-state index contributed by atoms with van der Waals surface area (Å²) in [6.45, 7) is 0.503. The molecule has 0 saturated carbocycles. The van der Waals surface area contributed by atoms with Gasteiger partial charge in [-0.2, -0.15) is 0 Å². The van der Waals surface area contributed by atoms with Crippen LogP contribution in [0.25, 0.3) is 0 Å². The summed E-state index contributed by atoms with van der Waals surface area (Å²) in [4.78, 5) is 2.00. The number of anilines is 1. The van der Waals surface area contributed by atoms with E-state index in [9.17, 15) is 5.11 Å².